The maximum Gasteiger partial charge on any atom is 0.300 e. The Balaban J connectivity index is 1.92. The van der Waals surface area contributed by atoms with Crippen molar-refractivity contribution in [3.05, 3.63) is 89.0 Å². The topological polar surface area (TPSA) is 79.3 Å². The summed E-state index contributed by atoms with van der Waals surface area (Å²) in [6, 6.07) is 19.2. The molecule has 1 N–H and O–H groups in total. The zero-order valence-electron chi connectivity index (χ0n) is 23.4. The SMILES string of the molecule is CCOc1cccc(C2/C(=C(\O)c3ccc(OCC)c(C(C)C)c3)C(=O)C(=O)N2c2ccc(N(C)C)cc2)c1. The number of carbonyl (C=O) groups is 2. The lowest BCUT2D eigenvalue weighted by atomic mass is 9.93. The van der Waals surface area contributed by atoms with E-state index in [1.807, 2.05) is 101 Å². The lowest BCUT2D eigenvalue weighted by molar-refractivity contribution is -0.132. The lowest BCUT2D eigenvalue weighted by Gasteiger charge is -2.26. The van der Waals surface area contributed by atoms with Gasteiger partial charge in [0.2, 0.25) is 0 Å². The van der Waals surface area contributed by atoms with Gasteiger partial charge in [0, 0.05) is 31.0 Å². The minimum absolute atomic E-state index is 0.0317. The van der Waals surface area contributed by atoms with Crippen LogP contribution in [0, 0.1) is 0 Å². The van der Waals surface area contributed by atoms with Crippen LogP contribution in [0.25, 0.3) is 5.76 Å². The van der Waals surface area contributed by atoms with E-state index in [-0.39, 0.29) is 17.3 Å². The van der Waals surface area contributed by atoms with E-state index in [4.69, 9.17) is 9.47 Å². The van der Waals surface area contributed by atoms with Gasteiger partial charge in [-0.2, -0.15) is 0 Å². The van der Waals surface area contributed by atoms with Crippen LogP contribution >= 0.6 is 0 Å². The monoisotopic (exact) mass is 528 g/mol. The summed E-state index contributed by atoms with van der Waals surface area (Å²) in [5.74, 6) is -0.196. The molecule has 3 aromatic rings. The average Bonchev–Trinajstić information content (AvgIpc) is 3.19. The molecular formula is C32H36N2O5. The molecule has 1 heterocycles. The normalized spacial score (nSPS) is 16.6. The lowest BCUT2D eigenvalue weighted by Crippen LogP contribution is -2.29. The molecule has 39 heavy (non-hydrogen) atoms. The fraction of sp³-hybridized carbons (Fsp3) is 0.312. The summed E-state index contributed by atoms with van der Waals surface area (Å²) < 4.78 is 11.5. The Morgan fingerprint density at radius 2 is 1.64 bits per heavy atom. The Morgan fingerprint density at radius 3 is 2.26 bits per heavy atom. The first-order chi connectivity index (χ1) is 18.7. The summed E-state index contributed by atoms with van der Waals surface area (Å²) in [5.41, 5.74) is 3.57. The number of aliphatic hydroxyl groups is 1. The molecule has 0 aliphatic carbocycles. The van der Waals surface area contributed by atoms with E-state index in [0.717, 1.165) is 17.0 Å². The van der Waals surface area contributed by atoms with Crippen LogP contribution in [0.3, 0.4) is 0 Å². The molecule has 1 fully saturated rings. The molecule has 1 amide bonds. The number of rotatable bonds is 9. The van der Waals surface area contributed by atoms with Crippen LogP contribution in [-0.4, -0.2) is 44.1 Å². The second kappa shape index (κ2) is 11.6. The number of aliphatic hydroxyl groups excluding tert-OH is 1. The van der Waals surface area contributed by atoms with Gasteiger partial charge < -0.3 is 19.5 Å². The van der Waals surface area contributed by atoms with E-state index >= 15 is 0 Å². The second-order valence-corrected chi connectivity index (χ2v) is 9.93. The second-order valence-electron chi connectivity index (χ2n) is 9.93. The number of ether oxygens (including phenoxy) is 2. The van der Waals surface area contributed by atoms with Gasteiger partial charge in [-0.15, -0.1) is 0 Å². The molecule has 3 aromatic carbocycles. The molecule has 1 unspecified atom stereocenters. The van der Waals surface area contributed by atoms with Crippen molar-refractivity contribution < 1.29 is 24.2 Å². The highest BCUT2D eigenvalue weighted by Crippen LogP contribution is 2.43. The molecule has 0 saturated carbocycles. The zero-order chi connectivity index (χ0) is 28.3. The maximum atomic E-state index is 13.6. The number of benzene rings is 3. The van der Waals surface area contributed by atoms with E-state index in [9.17, 15) is 14.7 Å². The zero-order valence-corrected chi connectivity index (χ0v) is 23.4. The maximum absolute atomic E-state index is 13.6. The van der Waals surface area contributed by atoms with Gasteiger partial charge in [-0.3, -0.25) is 14.5 Å². The van der Waals surface area contributed by atoms with Crippen molar-refractivity contribution in [3.8, 4) is 11.5 Å². The number of anilines is 2. The number of amides is 1. The van der Waals surface area contributed by atoms with E-state index < -0.39 is 17.7 Å². The molecule has 7 nitrogen and oxygen atoms in total. The van der Waals surface area contributed by atoms with E-state index in [2.05, 4.69) is 0 Å². The average molecular weight is 529 g/mol. The minimum Gasteiger partial charge on any atom is -0.507 e. The number of hydrogen-bond acceptors (Lipinski definition) is 6. The summed E-state index contributed by atoms with van der Waals surface area (Å²) in [6.45, 7) is 8.87. The van der Waals surface area contributed by atoms with Gasteiger partial charge in [0.15, 0.2) is 0 Å². The Morgan fingerprint density at radius 1 is 0.949 bits per heavy atom. The van der Waals surface area contributed by atoms with Crippen LogP contribution < -0.4 is 19.3 Å². The largest absolute Gasteiger partial charge is 0.507 e. The molecule has 0 spiro atoms. The highest BCUT2D eigenvalue weighted by atomic mass is 16.5. The Kier molecular flexibility index (Phi) is 8.29. The van der Waals surface area contributed by atoms with Crippen molar-refractivity contribution in [2.24, 2.45) is 0 Å². The van der Waals surface area contributed by atoms with Crippen molar-refractivity contribution in [3.63, 3.8) is 0 Å². The van der Waals surface area contributed by atoms with Crippen LogP contribution in [0.4, 0.5) is 11.4 Å². The predicted octanol–water partition coefficient (Wildman–Crippen LogP) is 6.30. The number of carbonyl (C=O) groups excluding carboxylic acids is 2. The molecular weight excluding hydrogens is 492 g/mol. The van der Waals surface area contributed by atoms with E-state index in [1.165, 1.54) is 4.90 Å². The molecule has 4 rings (SSSR count). The summed E-state index contributed by atoms with van der Waals surface area (Å²) in [4.78, 5) is 30.5. The fourth-order valence-electron chi connectivity index (χ4n) is 4.86. The number of nitrogens with zero attached hydrogens (tertiary/aromatic N) is 2. The molecule has 1 atom stereocenters. The molecule has 0 radical (unpaired) electrons. The van der Waals surface area contributed by atoms with Gasteiger partial charge in [-0.05, 0) is 85.5 Å². The first-order valence-corrected chi connectivity index (χ1v) is 13.3. The number of hydrogen-bond donors (Lipinski definition) is 1. The summed E-state index contributed by atoms with van der Waals surface area (Å²) in [7, 11) is 3.87. The highest BCUT2D eigenvalue weighted by molar-refractivity contribution is 6.51. The van der Waals surface area contributed by atoms with Gasteiger partial charge in [0.05, 0.1) is 24.8 Å². The Labute approximate surface area is 230 Å². The molecule has 204 valence electrons. The fourth-order valence-corrected chi connectivity index (χ4v) is 4.86. The summed E-state index contributed by atoms with van der Waals surface area (Å²) >= 11 is 0. The smallest absolute Gasteiger partial charge is 0.300 e. The standard InChI is InChI=1S/C32H36N2O5/c1-7-38-25-11-9-10-21(18-25)29-28(30(35)22-12-17-27(39-8-2)26(19-22)20(3)4)31(36)32(37)34(29)24-15-13-23(14-16-24)33(5)6/h9-20,29,35H,7-8H2,1-6H3/b30-28+. The quantitative estimate of drug-likeness (QED) is 0.200. The van der Waals surface area contributed by atoms with Crippen LogP contribution in [-0.2, 0) is 9.59 Å². The molecule has 1 aliphatic rings. The van der Waals surface area contributed by atoms with Crippen LogP contribution in [0.15, 0.2) is 72.3 Å². The first kappa shape index (κ1) is 27.8. The van der Waals surface area contributed by atoms with Gasteiger partial charge >= 0.3 is 0 Å². The van der Waals surface area contributed by atoms with Crippen LogP contribution in [0.1, 0.15) is 56.3 Å². The third-order valence-corrected chi connectivity index (χ3v) is 6.78. The molecule has 1 aliphatic heterocycles. The minimum atomic E-state index is -0.843. The van der Waals surface area contributed by atoms with Crippen LogP contribution in [0.5, 0.6) is 11.5 Å². The highest BCUT2D eigenvalue weighted by Gasteiger charge is 2.47. The van der Waals surface area contributed by atoms with Gasteiger partial charge in [-0.25, -0.2) is 0 Å². The summed E-state index contributed by atoms with van der Waals surface area (Å²) in [6.07, 6.45) is 0. The predicted molar refractivity (Wildman–Crippen MR) is 155 cm³/mol. The van der Waals surface area contributed by atoms with Crippen molar-refractivity contribution >= 4 is 28.8 Å². The molecule has 7 heteroatoms. The first-order valence-electron chi connectivity index (χ1n) is 13.3. The van der Waals surface area contributed by atoms with Gasteiger partial charge in [-0.1, -0.05) is 26.0 Å². The Hall–Kier alpha value is -4.26. The molecule has 0 bridgehead atoms. The Bertz CT molecular complexity index is 1390. The van der Waals surface area contributed by atoms with E-state index in [1.54, 1.807) is 12.1 Å². The van der Waals surface area contributed by atoms with Crippen molar-refractivity contribution in [2.75, 3.05) is 37.1 Å². The van der Waals surface area contributed by atoms with Gasteiger partial charge in [0.25, 0.3) is 11.7 Å². The summed E-state index contributed by atoms with van der Waals surface area (Å²) in [5, 5.41) is 11.6. The van der Waals surface area contributed by atoms with Crippen molar-refractivity contribution in [1.29, 1.82) is 0 Å². The van der Waals surface area contributed by atoms with E-state index in [0.29, 0.717) is 35.8 Å². The number of Topliss-reactive ketones (excluding diaryl/α,β-unsaturated/α-hetero) is 1. The molecule has 0 aromatic heterocycles. The molecule has 1 saturated heterocycles. The van der Waals surface area contributed by atoms with Gasteiger partial charge in [0.1, 0.15) is 17.3 Å². The number of ketones is 1. The van der Waals surface area contributed by atoms with Crippen molar-refractivity contribution in [1.82, 2.24) is 0 Å². The third kappa shape index (κ3) is 5.48. The third-order valence-electron chi connectivity index (χ3n) is 6.78. The van der Waals surface area contributed by atoms with Crippen molar-refractivity contribution in [2.45, 2.75) is 39.7 Å². The van der Waals surface area contributed by atoms with Crippen LogP contribution in [0.2, 0.25) is 0 Å².